The summed E-state index contributed by atoms with van der Waals surface area (Å²) in [6.45, 7) is 0.700. The van der Waals surface area contributed by atoms with Gasteiger partial charge in [-0.15, -0.1) is 0 Å². The van der Waals surface area contributed by atoms with Gasteiger partial charge in [0.25, 0.3) is 0 Å². The van der Waals surface area contributed by atoms with Gasteiger partial charge in [0, 0.05) is 24.6 Å². The summed E-state index contributed by atoms with van der Waals surface area (Å²) in [7, 11) is 1.56. The van der Waals surface area contributed by atoms with E-state index in [2.05, 4.69) is 0 Å². The molecule has 114 valence electrons. The van der Waals surface area contributed by atoms with Crippen molar-refractivity contribution in [2.45, 2.75) is 12.3 Å². The molecule has 0 aliphatic heterocycles. The second kappa shape index (κ2) is 6.91. The Hall–Kier alpha value is -1.59. The molecule has 0 heterocycles. The highest BCUT2D eigenvalue weighted by molar-refractivity contribution is 6.30. The summed E-state index contributed by atoms with van der Waals surface area (Å²) in [6, 6.07) is 7.52. The topological polar surface area (TPSA) is 72.6 Å². The molecule has 1 aromatic rings. The number of halogens is 1. The number of hydrogen-bond donors (Lipinski definition) is 1. The van der Waals surface area contributed by atoms with Gasteiger partial charge in [-0.25, -0.2) is 0 Å². The average Bonchev–Trinajstić information content (AvgIpc) is 3.23. The van der Waals surface area contributed by atoms with Crippen LogP contribution in [0, 0.1) is 5.92 Å². The van der Waals surface area contributed by atoms with E-state index in [1.54, 1.807) is 7.11 Å². The fraction of sp³-hybridized carbons (Fsp3) is 0.467. The Balaban J connectivity index is 1.98. The van der Waals surface area contributed by atoms with E-state index in [1.165, 1.54) is 4.90 Å². The molecular formula is C15H19ClN2O3. The molecule has 1 aliphatic rings. The van der Waals surface area contributed by atoms with Crippen LogP contribution in [0.25, 0.3) is 0 Å². The number of methoxy groups -OCH3 is 1. The Morgan fingerprint density at radius 2 is 2.05 bits per heavy atom. The van der Waals surface area contributed by atoms with Gasteiger partial charge in [-0.05, 0) is 30.0 Å². The van der Waals surface area contributed by atoms with Crippen LogP contribution in [0.5, 0.6) is 0 Å². The summed E-state index contributed by atoms with van der Waals surface area (Å²) in [5, 5.41) is 0.678. The molecule has 5 nitrogen and oxygen atoms in total. The molecule has 1 aliphatic carbocycles. The fourth-order valence-corrected chi connectivity index (χ4v) is 2.56. The number of benzene rings is 1. The van der Waals surface area contributed by atoms with E-state index in [-0.39, 0.29) is 24.3 Å². The molecule has 6 heteroatoms. The van der Waals surface area contributed by atoms with Gasteiger partial charge in [-0.3, -0.25) is 9.59 Å². The fourth-order valence-electron chi connectivity index (χ4n) is 2.44. The highest BCUT2D eigenvalue weighted by Gasteiger charge is 2.45. The molecule has 2 rings (SSSR count). The highest BCUT2D eigenvalue weighted by atomic mass is 35.5. The summed E-state index contributed by atoms with van der Waals surface area (Å²) in [5.41, 5.74) is 6.30. The second-order valence-electron chi connectivity index (χ2n) is 5.22. The largest absolute Gasteiger partial charge is 0.383 e. The molecule has 0 spiro atoms. The van der Waals surface area contributed by atoms with Gasteiger partial charge in [0.05, 0.1) is 13.2 Å². The lowest BCUT2D eigenvalue weighted by atomic mass is 10.1. The maximum Gasteiger partial charge on any atom is 0.237 e. The molecular weight excluding hydrogens is 292 g/mol. The van der Waals surface area contributed by atoms with Crippen molar-refractivity contribution in [3.63, 3.8) is 0 Å². The summed E-state index contributed by atoms with van der Waals surface area (Å²) in [6.07, 6.45) is 0.794. The zero-order valence-electron chi connectivity index (χ0n) is 11.9. The Bertz CT molecular complexity index is 518. The van der Waals surface area contributed by atoms with Crippen molar-refractivity contribution in [3.05, 3.63) is 34.9 Å². The Morgan fingerprint density at radius 3 is 2.62 bits per heavy atom. The maximum absolute atomic E-state index is 12.4. The monoisotopic (exact) mass is 310 g/mol. The van der Waals surface area contributed by atoms with E-state index in [4.69, 9.17) is 22.1 Å². The van der Waals surface area contributed by atoms with Gasteiger partial charge in [-0.2, -0.15) is 0 Å². The lowest BCUT2D eigenvalue weighted by Crippen LogP contribution is -2.41. The van der Waals surface area contributed by atoms with Crippen LogP contribution < -0.4 is 5.73 Å². The molecule has 1 aromatic carbocycles. The average molecular weight is 311 g/mol. The van der Waals surface area contributed by atoms with Crippen molar-refractivity contribution in [1.29, 1.82) is 0 Å². The molecule has 0 radical (unpaired) electrons. The van der Waals surface area contributed by atoms with Crippen LogP contribution in [-0.2, 0) is 14.3 Å². The number of nitrogens with zero attached hydrogens (tertiary/aromatic N) is 1. The molecule has 2 N–H and O–H groups in total. The summed E-state index contributed by atoms with van der Waals surface area (Å²) >= 11 is 5.86. The van der Waals surface area contributed by atoms with Crippen LogP contribution in [0.1, 0.15) is 17.9 Å². The van der Waals surface area contributed by atoms with Crippen LogP contribution in [-0.4, -0.2) is 43.5 Å². The maximum atomic E-state index is 12.4. The lowest BCUT2D eigenvalue weighted by Gasteiger charge is -2.21. The first-order chi connectivity index (χ1) is 10.0. The predicted molar refractivity (Wildman–Crippen MR) is 80.0 cm³/mol. The predicted octanol–water partition coefficient (Wildman–Crippen LogP) is 1.40. The Morgan fingerprint density at radius 1 is 1.38 bits per heavy atom. The minimum absolute atomic E-state index is 0.0363. The van der Waals surface area contributed by atoms with Gasteiger partial charge in [0.15, 0.2) is 0 Å². The zero-order valence-corrected chi connectivity index (χ0v) is 12.7. The van der Waals surface area contributed by atoms with Gasteiger partial charge >= 0.3 is 0 Å². The molecule has 1 saturated carbocycles. The molecule has 21 heavy (non-hydrogen) atoms. The summed E-state index contributed by atoms with van der Waals surface area (Å²) in [4.78, 5) is 25.0. The molecule has 2 atom stereocenters. The number of ether oxygens (including phenoxy) is 1. The van der Waals surface area contributed by atoms with Gasteiger partial charge in [-0.1, -0.05) is 23.7 Å². The van der Waals surface area contributed by atoms with Crippen LogP contribution >= 0.6 is 11.6 Å². The number of primary amides is 1. The Kier molecular flexibility index (Phi) is 5.20. The van der Waals surface area contributed by atoms with Crippen molar-refractivity contribution in [2.75, 3.05) is 26.8 Å². The van der Waals surface area contributed by atoms with Crippen LogP contribution in [0.2, 0.25) is 5.02 Å². The SMILES string of the molecule is COCCN(CC(N)=O)C(=O)C1CC1c1ccc(Cl)cc1. The van der Waals surface area contributed by atoms with Crippen LogP contribution in [0.15, 0.2) is 24.3 Å². The van der Waals surface area contributed by atoms with E-state index >= 15 is 0 Å². The lowest BCUT2D eigenvalue weighted by molar-refractivity contribution is -0.137. The first-order valence-corrected chi connectivity index (χ1v) is 7.22. The molecule has 0 saturated heterocycles. The van der Waals surface area contributed by atoms with E-state index in [0.29, 0.717) is 18.2 Å². The van der Waals surface area contributed by atoms with Gasteiger partial charge in [0.1, 0.15) is 0 Å². The van der Waals surface area contributed by atoms with Crippen LogP contribution in [0.3, 0.4) is 0 Å². The van der Waals surface area contributed by atoms with Crippen molar-refractivity contribution in [3.8, 4) is 0 Å². The normalized spacial score (nSPS) is 20.1. The van der Waals surface area contributed by atoms with E-state index in [0.717, 1.165) is 12.0 Å². The van der Waals surface area contributed by atoms with Crippen molar-refractivity contribution in [2.24, 2.45) is 11.7 Å². The number of amides is 2. The number of rotatable bonds is 7. The van der Waals surface area contributed by atoms with Crippen molar-refractivity contribution < 1.29 is 14.3 Å². The van der Waals surface area contributed by atoms with E-state index in [1.807, 2.05) is 24.3 Å². The third kappa shape index (κ3) is 4.19. The Labute approximate surface area is 129 Å². The third-order valence-corrected chi connectivity index (χ3v) is 3.88. The van der Waals surface area contributed by atoms with Crippen LogP contribution in [0.4, 0.5) is 0 Å². The highest BCUT2D eigenvalue weighted by Crippen LogP contribution is 2.48. The second-order valence-corrected chi connectivity index (χ2v) is 5.66. The quantitative estimate of drug-likeness (QED) is 0.827. The van der Waals surface area contributed by atoms with E-state index in [9.17, 15) is 9.59 Å². The summed E-state index contributed by atoms with van der Waals surface area (Å²) < 4.78 is 4.97. The molecule has 0 bridgehead atoms. The molecule has 0 aromatic heterocycles. The smallest absolute Gasteiger partial charge is 0.237 e. The zero-order chi connectivity index (χ0) is 15.4. The van der Waals surface area contributed by atoms with Crippen molar-refractivity contribution in [1.82, 2.24) is 4.90 Å². The summed E-state index contributed by atoms with van der Waals surface area (Å²) in [5.74, 6) is -0.427. The molecule has 2 amide bonds. The van der Waals surface area contributed by atoms with Gasteiger partial charge < -0.3 is 15.4 Å². The van der Waals surface area contributed by atoms with Gasteiger partial charge in [0.2, 0.25) is 11.8 Å². The van der Waals surface area contributed by atoms with E-state index < -0.39 is 5.91 Å². The number of hydrogen-bond acceptors (Lipinski definition) is 3. The minimum Gasteiger partial charge on any atom is -0.383 e. The number of carbonyl (C=O) groups excluding carboxylic acids is 2. The molecule has 1 fully saturated rings. The minimum atomic E-state index is -0.511. The molecule has 2 unspecified atom stereocenters. The standard InChI is InChI=1S/C15H19ClN2O3/c1-21-7-6-18(9-14(17)19)15(20)13-8-12(13)10-2-4-11(16)5-3-10/h2-5,12-13H,6-9H2,1H3,(H2,17,19). The third-order valence-electron chi connectivity index (χ3n) is 3.63. The van der Waals surface area contributed by atoms with Crippen molar-refractivity contribution >= 4 is 23.4 Å². The number of carbonyl (C=O) groups is 2. The first kappa shape index (κ1) is 15.8. The first-order valence-electron chi connectivity index (χ1n) is 6.84. The number of nitrogens with two attached hydrogens (primary N) is 1.